The van der Waals surface area contributed by atoms with Crippen LogP contribution >= 0.6 is 0 Å². The van der Waals surface area contributed by atoms with E-state index >= 15 is 0 Å². The number of alkyl carbamates (subject to hydrolysis) is 1. The molecule has 0 saturated heterocycles. The highest BCUT2D eigenvalue weighted by atomic mass is 28.4. The first kappa shape index (κ1) is 22.1. The Morgan fingerprint density at radius 1 is 1.19 bits per heavy atom. The number of benzene rings is 1. The smallest absolute Gasteiger partial charge is 0.408 e. The second-order valence-electron chi connectivity index (χ2n) is 7.78. The van der Waals surface area contributed by atoms with Crippen LogP contribution in [0.25, 0.3) is 0 Å². The summed E-state index contributed by atoms with van der Waals surface area (Å²) in [4.78, 5) is 24.2. The van der Waals surface area contributed by atoms with Crippen LogP contribution in [0.5, 0.6) is 0 Å². The second kappa shape index (κ2) is 9.16. The normalized spacial score (nSPS) is 14.3. The van der Waals surface area contributed by atoms with E-state index in [0.29, 0.717) is 0 Å². The third-order valence-corrected chi connectivity index (χ3v) is 9.24. The number of nitrogens with two attached hydrogens (primary N) is 1. The van der Waals surface area contributed by atoms with Crippen molar-refractivity contribution in [2.24, 2.45) is 5.84 Å². The fourth-order valence-corrected chi connectivity index (χ4v) is 3.51. The standard InChI is InChI=1S/C18H31N3O4Si/c1-13(25-26(5,6)18(2,3)4)15(16(22)21-19)20-17(23)24-12-14-10-8-7-9-11-14/h7-11,13,15H,12,19H2,1-6H3,(H,20,23)(H,21,22)/t13?,15-/m0/s1. The predicted octanol–water partition coefficient (Wildman–Crippen LogP) is 2.68. The van der Waals surface area contributed by atoms with Gasteiger partial charge in [-0.15, -0.1) is 0 Å². The quantitative estimate of drug-likeness (QED) is 0.292. The van der Waals surface area contributed by atoms with Crippen LogP contribution in [-0.2, 0) is 20.6 Å². The number of hydrogen-bond acceptors (Lipinski definition) is 5. The lowest BCUT2D eigenvalue weighted by Gasteiger charge is -2.40. The van der Waals surface area contributed by atoms with Gasteiger partial charge in [0.05, 0.1) is 6.10 Å². The van der Waals surface area contributed by atoms with Crippen molar-refractivity contribution < 1.29 is 18.8 Å². The van der Waals surface area contributed by atoms with Gasteiger partial charge in [-0.25, -0.2) is 10.6 Å². The molecule has 1 aromatic rings. The number of rotatable bonds is 7. The minimum atomic E-state index is -2.12. The molecule has 4 N–H and O–H groups in total. The zero-order valence-corrected chi connectivity index (χ0v) is 17.5. The Morgan fingerprint density at radius 3 is 2.27 bits per heavy atom. The van der Waals surface area contributed by atoms with E-state index in [2.05, 4.69) is 44.6 Å². The molecule has 0 spiro atoms. The number of nitrogens with one attached hydrogen (secondary N) is 2. The lowest BCUT2D eigenvalue weighted by molar-refractivity contribution is -0.125. The fourth-order valence-electron chi connectivity index (χ4n) is 2.09. The number of carbonyl (C=O) groups excluding carboxylic acids is 2. The van der Waals surface area contributed by atoms with Crippen molar-refractivity contribution in [3.05, 3.63) is 35.9 Å². The summed E-state index contributed by atoms with van der Waals surface area (Å²) >= 11 is 0. The summed E-state index contributed by atoms with van der Waals surface area (Å²) in [7, 11) is -2.12. The Balaban J connectivity index is 2.74. The third kappa shape index (κ3) is 6.43. The predicted molar refractivity (Wildman–Crippen MR) is 104 cm³/mol. The summed E-state index contributed by atoms with van der Waals surface area (Å²) in [6.45, 7) is 12.3. The van der Waals surface area contributed by atoms with Gasteiger partial charge in [-0.05, 0) is 30.6 Å². The molecule has 1 rings (SSSR count). The van der Waals surface area contributed by atoms with Crippen LogP contribution < -0.4 is 16.6 Å². The number of carbonyl (C=O) groups is 2. The van der Waals surface area contributed by atoms with Gasteiger partial charge in [0.2, 0.25) is 0 Å². The molecule has 0 bridgehead atoms. The summed E-state index contributed by atoms with van der Waals surface area (Å²) in [5.41, 5.74) is 2.93. The van der Waals surface area contributed by atoms with Gasteiger partial charge < -0.3 is 14.5 Å². The van der Waals surface area contributed by atoms with E-state index in [9.17, 15) is 9.59 Å². The summed E-state index contributed by atoms with van der Waals surface area (Å²) in [5.74, 6) is 4.73. The summed E-state index contributed by atoms with van der Waals surface area (Å²) in [6.07, 6.45) is -1.25. The maximum absolute atomic E-state index is 12.1. The molecule has 0 aliphatic heterocycles. The van der Waals surface area contributed by atoms with Crippen molar-refractivity contribution in [2.75, 3.05) is 0 Å². The van der Waals surface area contributed by atoms with E-state index in [4.69, 9.17) is 15.0 Å². The molecule has 7 nitrogen and oxygen atoms in total. The van der Waals surface area contributed by atoms with Crippen LogP contribution in [0.15, 0.2) is 30.3 Å². The maximum Gasteiger partial charge on any atom is 0.408 e. The second-order valence-corrected chi connectivity index (χ2v) is 12.5. The summed E-state index contributed by atoms with van der Waals surface area (Å²) < 4.78 is 11.4. The maximum atomic E-state index is 12.1. The number of hydrogen-bond donors (Lipinski definition) is 3. The van der Waals surface area contributed by atoms with Gasteiger partial charge in [0.1, 0.15) is 12.6 Å². The first-order valence-electron chi connectivity index (χ1n) is 8.63. The van der Waals surface area contributed by atoms with E-state index in [-0.39, 0.29) is 11.6 Å². The van der Waals surface area contributed by atoms with Crippen LogP contribution in [0.2, 0.25) is 18.1 Å². The van der Waals surface area contributed by atoms with Gasteiger partial charge in [-0.1, -0.05) is 51.1 Å². The minimum absolute atomic E-state index is 0.0289. The van der Waals surface area contributed by atoms with Crippen molar-refractivity contribution in [1.29, 1.82) is 0 Å². The first-order chi connectivity index (χ1) is 12.0. The first-order valence-corrected chi connectivity index (χ1v) is 11.5. The number of amides is 2. The Bertz CT molecular complexity index is 602. The molecule has 8 heteroatoms. The molecule has 2 atom stereocenters. The van der Waals surface area contributed by atoms with Gasteiger partial charge in [-0.2, -0.15) is 0 Å². The summed E-state index contributed by atoms with van der Waals surface area (Å²) in [6, 6.07) is 8.34. The Morgan fingerprint density at radius 2 is 1.77 bits per heavy atom. The number of ether oxygens (including phenoxy) is 1. The molecule has 0 fully saturated rings. The molecule has 0 aliphatic rings. The molecule has 0 heterocycles. The van der Waals surface area contributed by atoms with Crippen molar-refractivity contribution in [3.63, 3.8) is 0 Å². The average Bonchev–Trinajstić information content (AvgIpc) is 2.56. The van der Waals surface area contributed by atoms with E-state index in [1.807, 2.05) is 30.3 Å². The highest BCUT2D eigenvalue weighted by Crippen LogP contribution is 2.37. The van der Waals surface area contributed by atoms with Gasteiger partial charge in [-0.3, -0.25) is 10.2 Å². The lowest BCUT2D eigenvalue weighted by atomic mass is 10.2. The number of hydrazine groups is 1. The molecule has 0 radical (unpaired) electrons. The highest BCUT2D eigenvalue weighted by molar-refractivity contribution is 6.74. The zero-order valence-electron chi connectivity index (χ0n) is 16.5. The lowest BCUT2D eigenvalue weighted by Crippen LogP contribution is -2.57. The van der Waals surface area contributed by atoms with Gasteiger partial charge in [0.15, 0.2) is 8.32 Å². The van der Waals surface area contributed by atoms with E-state index in [1.54, 1.807) is 6.92 Å². The van der Waals surface area contributed by atoms with Crippen LogP contribution in [0.4, 0.5) is 4.79 Å². The molecule has 2 amide bonds. The Hall–Kier alpha value is -1.90. The Kier molecular flexibility index (Phi) is 7.80. The molecule has 1 aromatic carbocycles. The van der Waals surface area contributed by atoms with Gasteiger partial charge in [0.25, 0.3) is 5.91 Å². The largest absolute Gasteiger partial charge is 0.445 e. The Labute approximate surface area is 156 Å². The molecule has 0 aliphatic carbocycles. The van der Waals surface area contributed by atoms with Crippen LogP contribution in [0.3, 0.4) is 0 Å². The van der Waals surface area contributed by atoms with Crippen molar-refractivity contribution in [1.82, 2.24) is 10.7 Å². The molecule has 0 aromatic heterocycles. The molecule has 26 heavy (non-hydrogen) atoms. The summed E-state index contributed by atoms with van der Waals surface area (Å²) in [5, 5.41) is 2.53. The van der Waals surface area contributed by atoms with Crippen LogP contribution in [0, 0.1) is 0 Å². The fraction of sp³-hybridized carbons (Fsp3) is 0.556. The molecular formula is C18H31N3O4Si. The van der Waals surface area contributed by atoms with Crippen LogP contribution in [-0.4, -0.2) is 32.5 Å². The van der Waals surface area contributed by atoms with Gasteiger partial charge >= 0.3 is 6.09 Å². The van der Waals surface area contributed by atoms with E-state index in [0.717, 1.165) is 5.56 Å². The van der Waals surface area contributed by atoms with Crippen molar-refractivity contribution >= 4 is 20.3 Å². The van der Waals surface area contributed by atoms with E-state index in [1.165, 1.54) is 0 Å². The third-order valence-electron chi connectivity index (χ3n) is 4.67. The molecular weight excluding hydrogens is 350 g/mol. The van der Waals surface area contributed by atoms with Crippen molar-refractivity contribution in [3.8, 4) is 0 Å². The highest BCUT2D eigenvalue weighted by Gasteiger charge is 2.41. The SMILES string of the molecule is CC(O[Si](C)(C)C(C)(C)C)[C@H](NC(=O)OCc1ccccc1)C(=O)NN. The molecule has 0 saturated carbocycles. The van der Waals surface area contributed by atoms with E-state index < -0.39 is 32.5 Å². The van der Waals surface area contributed by atoms with Gasteiger partial charge in [0, 0.05) is 0 Å². The topological polar surface area (TPSA) is 103 Å². The zero-order chi connectivity index (χ0) is 20.0. The molecule has 146 valence electrons. The van der Waals surface area contributed by atoms with Crippen LogP contribution in [0.1, 0.15) is 33.3 Å². The minimum Gasteiger partial charge on any atom is -0.445 e. The van der Waals surface area contributed by atoms with Crippen molar-refractivity contribution in [2.45, 2.75) is 64.6 Å². The molecule has 1 unspecified atom stereocenters. The average molecular weight is 382 g/mol. The monoisotopic (exact) mass is 381 g/mol.